The fraction of sp³-hybridized carbons (Fsp3) is 0.615. The maximum atomic E-state index is 11.4. The second-order valence-electron chi connectivity index (χ2n) is 4.75. The predicted molar refractivity (Wildman–Crippen MR) is 60.9 cm³/mol. The number of hydrogen-bond acceptors (Lipinski definition) is 3. The Balaban J connectivity index is 2.18. The average molecular weight is 222 g/mol. The highest BCUT2D eigenvalue weighted by Crippen LogP contribution is 2.45. The van der Waals surface area contributed by atoms with Gasteiger partial charge >= 0.3 is 5.97 Å². The van der Waals surface area contributed by atoms with Crippen LogP contribution in [0.5, 0.6) is 0 Å². The van der Waals surface area contributed by atoms with Crippen LogP contribution >= 0.6 is 0 Å². The van der Waals surface area contributed by atoms with Crippen molar-refractivity contribution < 1.29 is 14.6 Å². The number of carbonyl (C=O) groups excluding carboxylic acids is 1. The fourth-order valence-electron chi connectivity index (χ4n) is 2.73. The summed E-state index contributed by atoms with van der Waals surface area (Å²) in [5.41, 5.74) is 0.562. The number of aliphatic hydroxyl groups excluding tert-OH is 1. The zero-order chi connectivity index (χ0) is 11.6. The first-order valence-electron chi connectivity index (χ1n) is 5.84. The van der Waals surface area contributed by atoms with Crippen molar-refractivity contribution >= 4 is 5.97 Å². The number of methoxy groups -OCH3 is 1. The van der Waals surface area contributed by atoms with E-state index < -0.39 is 0 Å². The first-order valence-corrected chi connectivity index (χ1v) is 5.84. The van der Waals surface area contributed by atoms with Gasteiger partial charge in [-0.15, -0.1) is 0 Å². The van der Waals surface area contributed by atoms with Gasteiger partial charge in [0, 0.05) is 6.42 Å². The summed E-state index contributed by atoms with van der Waals surface area (Å²) in [5, 5.41) is 9.93. The van der Waals surface area contributed by atoms with Crippen molar-refractivity contribution in [2.24, 2.45) is 5.41 Å². The first kappa shape index (κ1) is 11.2. The van der Waals surface area contributed by atoms with Crippen molar-refractivity contribution in [1.82, 2.24) is 0 Å². The normalized spacial score (nSPS) is 29.6. The summed E-state index contributed by atoms with van der Waals surface area (Å²) in [6.45, 7) is 0. The van der Waals surface area contributed by atoms with Gasteiger partial charge in [-0.05, 0) is 37.5 Å². The molecule has 0 aromatic rings. The molecule has 3 heteroatoms. The van der Waals surface area contributed by atoms with E-state index in [4.69, 9.17) is 0 Å². The van der Waals surface area contributed by atoms with Crippen LogP contribution in [0.1, 0.15) is 38.5 Å². The number of allylic oxidation sites excluding steroid dienone is 3. The third-order valence-electron chi connectivity index (χ3n) is 3.69. The van der Waals surface area contributed by atoms with E-state index in [-0.39, 0.29) is 17.1 Å². The molecule has 1 N–H and O–H groups in total. The molecule has 0 fully saturated rings. The van der Waals surface area contributed by atoms with Gasteiger partial charge in [-0.25, -0.2) is 4.79 Å². The van der Waals surface area contributed by atoms with E-state index >= 15 is 0 Å². The fourth-order valence-corrected chi connectivity index (χ4v) is 2.73. The van der Waals surface area contributed by atoms with Crippen LogP contribution in [0.15, 0.2) is 23.5 Å². The lowest BCUT2D eigenvalue weighted by atomic mass is 9.69. The summed E-state index contributed by atoms with van der Waals surface area (Å²) in [5.74, 6) is -0.156. The number of rotatable bonds is 1. The second kappa shape index (κ2) is 4.32. The molecule has 0 amide bonds. The van der Waals surface area contributed by atoms with Crippen molar-refractivity contribution in [3.8, 4) is 0 Å². The Morgan fingerprint density at radius 3 is 2.88 bits per heavy atom. The molecule has 0 heterocycles. The average Bonchev–Trinajstić information content (AvgIpc) is 2.29. The van der Waals surface area contributed by atoms with E-state index in [1.165, 1.54) is 13.5 Å². The molecule has 2 rings (SSSR count). The summed E-state index contributed by atoms with van der Waals surface area (Å²) < 4.78 is 4.66. The van der Waals surface area contributed by atoms with E-state index in [0.717, 1.165) is 19.3 Å². The largest absolute Gasteiger partial charge is 0.512 e. The van der Waals surface area contributed by atoms with Gasteiger partial charge in [0.2, 0.25) is 0 Å². The molecule has 0 aliphatic heterocycles. The molecule has 0 aromatic carbocycles. The Kier molecular flexibility index (Phi) is 3.03. The van der Waals surface area contributed by atoms with E-state index in [9.17, 15) is 9.90 Å². The molecule has 0 saturated carbocycles. The SMILES string of the molecule is COC(=O)C1=C(O)C[C@@]2(C=CCCC2)CC1. The van der Waals surface area contributed by atoms with E-state index in [1.54, 1.807) is 0 Å². The summed E-state index contributed by atoms with van der Waals surface area (Å²) in [6, 6.07) is 0. The summed E-state index contributed by atoms with van der Waals surface area (Å²) in [4.78, 5) is 11.4. The van der Waals surface area contributed by atoms with Crippen LogP contribution in [-0.4, -0.2) is 18.2 Å². The number of aliphatic hydroxyl groups is 1. The minimum Gasteiger partial charge on any atom is -0.512 e. The standard InChI is InChI=1S/C13H18O3/c1-16-12(15)10-5-8-13(9-11(10)14)6-3-2-4-7-13/h3,6,14H,2,4-5,7-9H2,1H3/t13-/m1/s1. The molecule has 1 spiro atoms. The third kappa shape index (κ3) is 1.99. The number of esters is 1. The van der Waals surface area contributed by atoms with Crippen LogP contribution < -0.4 is 0 Å². The van der Waals surface area contributed by atoms with Crippen molar-refractivity contribution in [1.29, 1.82) is 0 Å². The molecule has 0 unspecified atom stereocenters. The summed E-state index contributed by atoms with van der Waals surface area (Å²) >= 11 is 0. The molecular weight excluding hydrogens is 204 g/mol. The lowest BCUT2D eigenvalue weighted by Gasteiger charge is -2.36. The molecule has 1 atom stereocenters. The van der Waals surface area contributed by atoms with E-state index in [2.05, 4.69) is 16.9 Å². The topological polar surface area (TPSA) is 46.5 Å². The Labute approximate surface area is 95.8 Å². The molecule has 2 aliphatic carbocycles. The van der Waals surface area contributed by atoms with Crippen LogP contribution in [0, 0.1) is 5.41 Å². The molecule has 0 aromatic heterocycles. The minimum absolute atomic E-state index is 0.0971. The molecule has 0 bridgehead atoms. The summed E-state index contributed by atoms with van der Waals surface area (Å²) in [6.07, 6.45) is 10.0. The smallest absolute Gasteiger partial charge is 0.337 e. The van der Waals surface area contributed by atoms with Gasteiger partial charge < -0.3 is 9.84 Å². The van der Waals surface area contributed by atoms with Crippen molar-refractivity contribution in [2.75, 3.05) is 7.11 Å². The van der Waals surface area contributed by atoms with Gasteiger partial charge in [-0.2, -0.15) is 0 Å². The number of carbonyl (C=O) groups is 1. The van der Waals surface area contributed by atoms with Gasteiger partial charge in [-0.3, -0.25) is 0 Å². The Bertz CT molecular complexity index is 354. The van der Waals surface area contributed by atoms with Crippen molar-refractivity contribution in [3.05, 3.63) is 23.5 Å². The third-order valence-corrected chi connectivity index (χ3v) is 3.69. The predicted octanol–water partition coefficient (Wildman–Crippen LogP) is 2.88. The number of ether oxygens (including phenoxy) is 1. The zero-order valence-electron chi connectivity index (χ0n) is 9.66. The second-order valence-corrected chi connectivity index (χ2v) is 4.75. The molecule has 0 radical (unpaired) electrons. The summed E-state index contributed by atoms with van der Waals surface area (Å²) in [7, 11) is 1.35. The van der Waals surface area contributed by atoms with Gasteiger partial charge in [0.15, 0.2) is 0 Å². The van der Waals surface area contributed by atoms with Crippen LogP contribution in [0.3, 0.4) is 0 Å². The molecule has 2 aliphatic rings. The molecule has 0 saturated heterocycles. The lowest BCUT2D eigenvalue weighted by molar-refractivity contribution is -0.136. The van der Waals surface area contributed by atoms with Gasteiger partial charge in [-0.1, -0.05) is 12.2 Å². The zero-order valence-corrected chi connectivity index (χ0v) is 9.66. The maximum Gasteiger partial charge on any atom is 0.337 e. The molecule has 16 heavy (non-hydrogen) atoms. The van der Waals surface area contributed by atoms with Crippen LogP contribution in [0.4, 0.5) is 0 Å². The quantitative estimate of drug-likeness (QED) is 0.548. The highest BCUT2D eigenvalue weighted by Gasteiger charge is 2.36. The Hall–Kier alpha value is -1.25. The van der Waals surface area contributed by atoms with E-state index in [1.807, 2.05) is 0 Å². The van der Waals surface area contributed by atoms with Crippen LogP contribution in [0.2, 0.25) is 0 Å². The lowest BCUT2D eigenvalue weighted by Crippen LogP contribution is -2.27. The van der Waals surface area contributed by atoms with Crippen molar-refractivity contribution in [3.63, 3.8) is 0 Å². The molecule has 3 nitrogen and oxygen atoms in total. The van der Waals surface area contributed by atoms with Crippen molar-refractivity contribution in [2.45, 2.75) is 38.5 Å². The maximum absolute atomic E-state index is 11.4. The van der Waals surface area contributed by atoms with E-state index in [0.29, 0.717) is 18.4 Å². The Morgan fingerprint density at radius 2 is 2.31 bits per heavy atom. The van der Waals surface area contributed by atoms with Gasteiger partial charge in [0.05, 0.1) is 12.7 Å². The first-order chi connectivity index (χ1) is 7.67. The molecular formula is C13H18O3. The number of hydrogen-bond donors (Lipinski definition) is 1. The van der Waals surface area contributed by atoms with Gasteiger partial charge in [0.1, 0.15) is 5.76 Å². The van der Waals surface area contributed by atoms with Crippen LogP contribution in [-0.2, 0) is 9.53 Å². The minimum atomic E-state index is -0.382. The highest BCUT2D eigenvalue weighted by molar-refractivity contribution is 5.89. The van der Waals surface area contributed by atoms with Crippen LogP contribution in [0.25, 0.3) is 0 Å². The Morgan fingerprint density at radius 1 is 1.50 bits per heavy atom. The molecule has 88 valence electrons. The monoisotopic (exact) mass is 222 g/mol. The highest BCUT2D eigenvalue weighted by atomic mass is 16.5. The van der Waals surface area contributed by atoms with Gasteiger partial charge in [0.25, 0.3) is 0 Å².